The first kappa shape index (κ1) is 31.5. The normalized spacial score (nSPS) is 12.2. The minimum absolute atomic E-state index is 0.0397. The Bertz CT molecular complexity index is 2100. The Morgan fingerprint density at radius 1 is 0.978 bits per heavy atom. The van der Waals surface area contributed by atoms with Crippen LogP contribution in [-0.2, 0) is 21.2 Å². The number of thiazole rings is 1. The van der Waals surface area contributed by atoms with Crippen molar-refractivity contribution < 1.29 is 22.3 Å². The zero-order valence-corrected chi connectivity index (χ0v) is 26.8. The van der Waals surface area contributed by atoms with Gasteiger partial charge < -0.3 is 14.8 Å². The lowest BCUT2D eigenvalue weighted by molar-refractivity contribution is 0.0775. The number of sulfone groups is 1. The number of rotatable bonds is 12. The van der Waals surface area contributed by atoms with E-state index < -0.39 is 15.9 Å². The predicted octanol–water partition coefficient (Wildman–Crippen LogP) is 7.81. The molecule has 0 saturated carbocycles. The summed E-state index contributed by atoms with van der Waals surface area (Å²) in [6, 6.07) is 21.6. The zero-order chi connectivity index (χ0) is 32.1. The van der Waals surface area contributed by atoms with Crippen molar-refractivity contribution in [1.29, 1.82) is 0 Å². The van der Waals surface area contributed by atoms with E-state index in [1.54, 1.807) is 60.8 Å². The molecule has 1 unspecified atom stereocenters. The van der Waals surface area contributed by atoms with Crippen LogP contribution < -0.4 is 10.1 Å². The number of halogens is 2. The lowest BCUT2D eigenvalue weighted by Gasteiger charge is -2.12. The van der Waals surface area contributed by atoms with E-state index in [-0.39, 0.29) is 29.7 Å². The fourth-order valence-corrected chi connectivity index (χ4v) is 6.74. The number of pyridine rings is 1. The molecule has 0 bridgehead atoms. The Kier molecular flexibility index (Phi) is 9.50. The summed E-state index contributed by atoms with van der Waals surface area (Å²) in [5.74, 6) is 0.554. The van der Waals surface area contributed by atoms with Crippen molar-refractivity contribution in [2.75, 3.05) is 17.7 Å². The van der Waals surface area contributed by atoms with Crippen LogP contribution in [0.5, 0.6) is 5.75 Å². The van der Waals surface area contributed by atoms with Gasteiger partial charge in [0.15, 0.2) is 9.84 Å². The van der Waals surface area contributed by atoms with Crippen molar-refractivity contribution in [3.8, 4) is 17.1 Å². The van der Waals surface area contributed by atoms with E-state index >= 15 is 0 Å². The van der Waals surface area contributed by atoms with Crippen LogP contribution in [0.1, 0.15) is 23.6 Å². The van der Waals surface area contributed by atoms with Gasteiger partial charge in [0, 0.05) is 16.5 Å². The summed E-state index contributed by atoms with van der Waals surface area (Å²) in [4.78, 5) is 18.3. The van der Waals surface area contributed by atoms with Gasteiger partial charge in [-0.3, -0.25) is 4.98 Å². The Labute approximate surface area is 274 Å². The van der Waals surface area contributed by atoms with Crippen LogP contribution >= 0.6 is 22.9 Å². The van der Waals surface area contributed by atoms with Gasteiger partial charge in [0.1, 0.15) is 41.4 Å². The number of nitrogens with one attached hydrogen (secondary N) is 1. The molecule has 0 fully saturated rings. The fourth-order valence-electron chi connectivity index (χ4n) is 4.56. The van der Waals surface area contributed by atoms with Crippen molar-refractivity contribution in [2.45, 2.75) is 24.5 Å². The Balaban J connectivity index is 1.13. The Morgan fingerprint density at radius 3 is 2.63 bits per heavy atom. The molecule has 0 amide bonds. The molecule has 3 aromatic carbocycles. The highest BCUT2D eigenvalue weighted by atomic mass is 35.5. The first-order chi connectivity index (χ1) is 22.2. The third-order valence-electron chi connectivity index (χ3n) is 6.95. The number of fused-ring (bicyclic) bond motifs is 1. The minimum Gasteiger partial charge on any atom is -0.487 e. The van der Waals surface area contributed by atoms with Crippen molar-refractivity contribution in [2.24, 2.45) is 0 Å². The molecular weight excluding hydrogens is 649 g/mol. The average molecular weight is 676 g/mol. The van der Waals surface area contributed by atoms with Crippen LogP contribution in [-0.4, -0.2) is 40.7 Å². The maximum atomic E-state index is 13.5. The lowest BCUT2D eigenvalue weighted by atomic mass is 10.2. The van der Waals surface area contributed by atoms with Gasteiger partial charge >= 0.3 is 0 Å². The van der Waals surface area contributed by atoms with E-state index in [0.29, 0.717) is 49.8 Å². The van der Waals surface area contributed by atoms with Crippen molar-refractivity contribution in [1.82, 2.24) is 19.9 Å². The van der Waals surface area contributed by atoms with Crippen LogP contribution in [0.25, 0.3) is 22.3 Å². The third kappa shape index (κ3) is 7.48. The third-order valence-corrected chi connectivity index (χ3v) is 9.95. The summed E-state index contributed by atoms with van der Waals surface area (Å²) < 4.78 is 50.2. The van der Waals surface area contributed by atoms with Crippen molar-refractivity contribution in [3.63, 3.8) is 0 Å². The maximum Gasteiger partial charge on any atom is 0.180 e. The van der Waals surface area contributed by atoms with E-state index in [9.17, 15) is 12.8 Å². The second-order valence-corrected chi connectivity index (χ2v) is 13.6. The second-order valence-electron chi connectivity index (χ2n) is 10.2. The molecule has 6 aromatic rings. The summed E-state index contributed by atoms with van der Waals surface area (Å²) in [6.07, 6.45) is 2.69. The summed E-state index contributed by atoms with van der Waals surface area (Å²) >= 11 is 7.91. The smallest absolute Gasteiger partial charge is 0.180 e. The van der Waals surface area contributed by atoms with Crippen molar-refractivity contribution >= 4 is 55.2 Å². The van der Waals surface area contributed by atoms with Gasteiger partial charge in [-0.1, -0.05) is 41.9 Å². The van der Waals surface area contributed by atoms with E-state index in [4.69, 9.17) is 26.1 Å². The van der Waals surface area contributed by atoms with E-state index in [1.807, 2.05) is 24.4 Å². The van der Waals surface area contributed by atoms with Gasteiger partial charge in [-0.2, -0.15) is 0 Å². The van der Waals surface area contributed by atoms with Gasteiger partial charge in [-0.25, -0.2) is 27.8 Å². The maximum absolute atomic E-state index is 13.5. The molecule has 3 heterocycles. The summed E-state index contributed by atoms with van der Waals surface area (Å²) in [5.41, 5.74) is 3.27. The SMILES string of the molecule is CC(OCCS(=O)(=O)c1ccccc1)c1nc(-c2cc3c(Nc4ccc(OCc5cccc(F)c5)c(Cl)c4)ncnc3cn2)cs1. The molecule has 6 rings (SSSR count). The van der Waals surface area contributed by atoms with Gasteiger partial charge in [0.05, 0.1) is 45.4 Å². The molecule has 0 aliphatic carbocycles. The zero-order valence-electron chi connectivity index (χ0n) is 24.4. The molecule has 3 aromatic heterocycles. The molecular formula is C33H27ClFN5O4S2. The molecule has 46 heavy (non-hydrogen) atoms. The quantitative estimate of drug-likeness (QED) is 0.139. The highest BCUT2D eigenvalue weighted by Crippen LogP contribution is 2.33. The van der Waals surface area contributed by atoms with Gasteiger partial charge in [0.2, 0.25) is 0 Å². The van der Waals surface area contributed by atoms with Crippen LogP contribution in [0.2, 0.25) is 5.02 Å². The molecule has 1 atom stereocenters. The Morgan fingerprint density at radius 2 is 1.83 bits per heavy atom. The first-order valence-corrected chi connectivity index (χ1v) is 17.1. The molecule has 9 nitrogen and oxygen atoms in total. The number of ether oxygens (including phenoxy) is 2. The van der Waals surface area contributed by atoms with Crippen LogP contribution in [0.4, 0.5) is 15.9 Å². The predicted molar refractivity (Wildman–Crippen MR) is 177 cm³/mol. The van der Waals surface area contributed by atoms with E-state index in [0.717, 1.165) is 5.39 Å². The number of hydrogen-bond donors (Lipinski definition) is 1. The molecule has 0 aliphatic rings. The second kappa shape index (κ2) is 13.9. The number of hydrogen-bond acceptors (Lipinski definition) is 10. The fraction of sp³-hybridized carbons (Fsp3) is 0.152. The molecule has 0 spiro atoms. The van der Waals surface area contributed by atoms with Crippen LogP contribution in [0.3, 0.4) is 0 Å². The monoisotopic (exact) mass is 675 g/mol. The van der Waals surface area contributed by atoms with E-state index in [2.05, 4.69) is 20.3 Å². The summed E-state index contributed by atoms with van der Waals surface area (Å²) in [7, 11) is -3.44. The lowest BCUT2D eigenvalue weighted by Crippen LogP contribution is -2.14. The standard InChI is InChI=1S/C33H27ClFN5O4S2/c1-21(43-12-13-46(41,42)25-8-3-2-4-9-25)33-40-30(19-45-33)28-16-26-29(17-36-28)37-20-38-32(26)39-24-10-11-31(27(34)15-24)44-18-22-6-5-7-23(35)14-22/h2-11,14-17,19-21H,12-13,18H2,1H3,(H,37,38,39). The van der Waals surface area contributed by atoms with Gasteiger partial charge in [0.25, 0.3) is 0 Å². The topological polar surface area (TPSA) is 116 Å². The number of aromatic nitrogens is 4. The number of anilines is 2. The molecule has 0 aliphatic heterocycles. The largest absolute Gasteiger partial charge is 0.487 e. The number of nitrogens with zero attached hydrogens (tertiary/aromatic N) is 4. The molecule has 0 radical (unpaired) electrons. The molecule has 13 heteroatoms. The van der Waals surface area contributed by atoms with Crippen LogP contribution in [0, 0.1) is 5.82 Å². The molecule has 1 N–H and O–H groups in total. The average Bonchev–Trinajstić information content (AvgIpc) is 3.56. The minimum atomic E-state index is -3.44. The Hall–Kier alpha value is -4.49. The molecule has 234 valence electrons. The van der Waals surface area contributed by atoms with Gasteiger partial charge in [-0.15, -0.1) is 11.3 Å². The van der Waals surface area contributed by atoms with Gasteiger partial charge in [-0.05, 0) is 61.0 Å². The summed E-state index contributed by atoms with van der Waals surface area (Å²) in [6.45, 7) is 2.05. The van der Waals surface area contributed by atoms with Crippen molar-refractivity contribution in [3.05, 3.63) is 118 Å². The number of benzene rings is 3. The van der Waals surface area contributed by atoms with E-state index in [1.165, 1.54) is 29.8 Å². The first-order valence-electron chi connectivity index (χ1n) is 14.1. The molecule has 0 saturated heterocycles. The summed E-state index contributed by atoms with van der Waals surface area (Å²) in [5, 5.41) is 6.97. The highest BCUT2D eigenvalue weighted by molar-refractivity contribution is 7.91. The highest BCUT2D eigenvalue weighted by Gasteiger charge is 2.18. The van der Waals surface area contributed by atoms with Crippen LogP contribution in [0.15, 0.2) is 102 Å².